The Morgan fingerprint density at radius 1 is 0.652 bits per heavy atom. The van der Waals surface area contributed by atoms with Crippen molar-refractivity contribution in [2.24, 2.45) is 0 Å². The zero-order valence-corrected chi connectivity index (χ0v) is 12.5. The zero-order valence-electron chi connectivity index (χ0n) is 12.5. The normalized spacial score (nSPS) is 11.5. The summed E-state index contributed by atoms with van der Waals surface area (Å²) < 4.78 is 2.34. The van der Waals surface area contributed by atoms with Gasteiger partial charge in [-0.2, -0.15) is 0 Å². The molecule has 23 heavy (non-hydrogen) atoms. The van der Waals surface area contributed by atoms with Crippen LogP contribution in [0.25, 0.3) is 38.3 Å². The molecular weight excluding hydrogens is 278 g/mol. The predicted molar refractivity (Wildman–Crippen MR) is 97.1 cm³/mol. The average Bonchev–Trinajstić information content (AvgIpc) is 2.97. The number of benzene rings is 4. The van der Waals surface area contributed by atoms with Crippen molar-refractivity contribution < 1.29 is 0 Å². The van der Waals surface area contributed by atoms with Gasteiger partial charge in [0.15, 0.2) is 0 Å². The maximum Gasteiger partial charge on any atom is 0.0547 e. The highest BCUT2D eigenvalue weighted by Crippen LogP contribution is 2.36. The summed E-state index contributed by atoms with van der Waals surface area (Å²) in [4.78, 5) is 0. The van der Waals surface area contributed by atoms with Crippen molar-refractivity contribution in [3.8, 4) is 5.69 Å². The second-order valence-corrected chi connectivity index (χ2v) is 5.78. The van der Waals surface area contributed by atoms with E-state index in [0.29, 0.717) is 0 Å². The number of nitrogens with zero attached hydrogens (tertiary/aromatic N) is 1. The summed E-state index contributed by atoms with van der Waals surface area (Å²) in [5.74, 6) is 0. The molecule has 1 aromatic heterocycles. The fourth-order valence-corrected chi connectivity index (χ4v) is 3.51. The molecule has 0 unspecified atom stereocenters. The van der Waals surface area contributed by atoms with E-state index in [1.165, 1.54) is 38.3 Å². The van der Waals surface area contributed by atoms with Gasteiger partial charge in [0.2, 0.25) is 0 Å². The molecule has 0 N–H and O–H groups in total. The van der Waals surface area contributed by atoms with Gasteiger partial charge in [-0.25, -0.2) is 0 Å². The van der Waals surface area contributed by atoms with Gasteiger partial charge in [0.25, 0.3) is 0 Å². The molecule has 0 aliphatic carbocycles. The van der Waals surface area contributed by atoms with Crippen molar-refractivity contribution in [3.05, 3.63) is 91.0 Å². The molecule has 0 saturated heterocycles. The maximum absolute atomic E-state index is 3.44. The van der Waals surface area contributed by atoms with Crippen molar-refractivity contribution >= 4 is 32.6 Å². The highest BCUT2D eigenvalue weighted by molar-refractivity contribution is 6.21. The predicted octanol–water partition coefficient (Wildman–Crippen LogP) is 5.74. The Morgan fingerprint density at radius 3 is 2.39 bits per heavy atom. The molecular formula is C22H14N. The van der Waals surface area contributed by atoms with Gasteiger partial charge in [0.05, 0.1) is 11.0 Å². The van der Waals surface area contributed by atoms with E-state index in [2.05, 4.69) is 83.4 Å². The molecule has 0 saturated carbocycles. The van der Waals surface area contributed by atoms with E-state index in [1.54, 1.807) is 0 Å². The summed E-state index contributed by atoms with van der Waals surface area (Å²) in [5.41, 5.74) is 3.65. The van der Waals surface area contributed by atoms with Crippen LogP contribution in [0.1, 0.15) is 0 Å². The molecule has 0 atom stereocenters. The second-order valence-electron chi connectivity index (χ2n) is 5.78. The van der Waals surface area contributed by atoms with Crippen LogP contribution in [0, 0.1) is 6.07 Å². The van der Waals surface area contributed by atoms with E-state index in [-0.39, 0.29) is 0 Å². The van der Waals surface area contributed by atoms with Crippen molar-refractivity contribution in [2.75, 3.05) is 0 Å². The molecule has 5 aromatic rings. The van der Waals surface area contributed by atoms with Crippen molar-refractivity contribution in [1.29, 1.82) is 0 Å². The van der Waals surface area contributed by atoms with Gasteiger partial charge in [-0.05, 0) is 41.1 Å². The van der Waals surface area contributed by atoms with E-state index in [1.807, 2.05) is 12.1 Å². The van der Waals surface area contributed by atoms with Crippen LogP contribution in [0.2, 0.25) is 0 Å². The molecule has 0 bridgehead atoms. The molecule has 4 aromatic carbocycles. The number of hydrogen-bond donors (Lipinski definition) is 0. The lowest BCUT2D eigenvalue weighted by atomic mass is 10.0. The van der Waals surface area contributed by atoms with Crippen molar-refractivity contribution in [3.63, 3.8) is 0 Å². The largest absolute Gasteiger partial charge is 0.309 e. The van der Waals surface area contributed by atoms with E-state index in [4.69, 9.17) is 0 Å². The van der Waals surface area contributed by atoms with Crippen molar-refractivity contribution in [1.82, 2.24) is 4.57 Å². The van der Waals surface area contributed by atoms with Crippen LogP contribution in [-0.2, 0) is 0 Å². The van der Waals surface area contributed by atoms with E-state index >= 15 is 0 Å². The number of fused-ring (bicyclic) bond motifs is 5. The molecule has 0 spiro atoms. The molecule has 1 radical (unpaired) electrons. The number of rotatable bonds is 1. The highest BCUT2D eigenvalue weighted by atomic mass is 15.0. The summed E-state index contributed by atoms with van der Waals surface area (Å²) in [5, 5.41) is 4.98. The van der Waals surface area contributed by atoms with E-state index in [9.17, 15) is 0 Å². The summed E-state index contributed by atoms with van der Waals surface area (Å²) >= 11 is 0. The van der Waals surface area contributed by atoms with Gasteiger partial charge in [0.1, 0.15) is 0 Å². The van der Waals surface area contributed by atoms with E-state index in [0.717, 1.165) is 0 Å². The van der Waals surface area contributed by atoms with Crippen LogP contribution in [0.3, 0.4) is 0 Å². The van der Waals surface area contributed by atoms with Gasteiger partial charge >= 0.3 is 0 Å². The molecule has 1 nitrogen and oxygen atoms in total. The minimum atomic E-state index is 1.19. The Labute approximate surface area is 134 Å². The fraction of sp³-hybridized carbons (Fsp3) is 0. The molecule has 107 valence electrons. The Balaban J connectivity index is 2.07. The molecule has 0 fully saturated rings. The maximum atomic E-state index is 3.44. The fourth-order valence-electron chi connectivity index (χ4n) is 3.51. The first kappa shape index (κ1) is 12.5. The van der Waals surface area contributed by atoms with Crippen LogP contribution >= 0.6 is 0 Å². The Bertz CT molecular complexity index is 1150. The number of hydrogen-bond acceptors (Lipinski definition) is 0. The molecule has 0 amide bonds. The Kier molecular flexibility index (Phi) is 2.56. The lowest BCUT2D eigenvalue weighted by molar-refractivity contribution is 1.18. The molecule has 1 heteroatoms. The summed E-state index contributed by atoms with van der Waals surface area (Å²) in [6.45, 7) is 0. The minimum absolute atomic E-state index is 1.19. The number of aromatic nitrogens is 1. The third-order valence-electron chi connectivity index (χ3n) is 4.48. The third-order valence-corrected chi connectivity index (χ3v) is 4.48. The Hall–Kier alpha value is -3.06. The van der Waals surface area contributed by atoms with Crippen LogP contribution in [0.5, 0.6) is 0 Å². The summed E-state index contributed by atoms with van der Waals surface area (Å²) in [6.07, 6.45) is 0. The molecule has 0 aliphatic rings. The monoisotopic (exact) mass is 292 g/mol. The van der Waals surface area contributed by atoms with Gasteiger partial charge in [-0.1, -0.05) is 60.7 Å². The summed E-state index contributed by atoms with van der Waals surface area (Å²) in [6, 6.07) is 33.2. The van der Waals surface area contributed by atoms with E-state index < -0.39 is 0 Å². The van der Waals surface area contributed by atoms with Gasteiger partial charge in [0, 0.05) is 16.5 Å². The smallest absolute Gasteiger partial charge is 0.0547 e. The number of para-hydroxylation sites is 2. The first-order chi connectivity index (χ1) is 11.4. The van der Waals surface area contributed by atoms with Crippen LogP contribution in [-0.4, -0.2) is 4.57 Å². The molecule has 5 rings (SSSR count). The quantitative estimate of drug-likeness (QED) is 0.371. The minimum Gasteiger partial charge on any atom is -0.309 e. The summed E-state index contributed by atoms with van der Waals surface area (Å²) in [7, 11) is 0. The van der Waals surface area contributed by atoms with Gasteiger partial charge < -0.3 is 4.57 Å². The highest BCUT2D eigenvalue weighted by Gasteiger charge is 2.13. The lowest BCUT2D eigenvalue weighted by Gasteiger charge is -2.07. The third kappa shape index (κ3) is 1.74. The standard InChI is InChI=1S/C22H14N/c1-2-9-17(10-3-1)23-20-13-7-6-12-19(20)22-18-11-5-4-8-16(18)14-15-21(22)23/h1-10,12-15H. The van der Waals surface area contributed by atoms with Crippen LogP contribution in [0.4, 0.5) is 0 Å². The molecule has 0 aliphatic heterocycles. The first-order valence-corrected chi connectivity index (χ1v) is 7.81. The SMILES string of the molecule is [c]1cccc2ccc3c(c12)c1ccccc1n3-c1ccccc1. The Morgan fingerprint density at radius 2 is 1.48 bits per heavy atom. The topological polar surface area (TPSA) is 4.93 Å². The zero-order chi connectivity index (χ0) is 15.2. The lowest BCUT2D eigenvalue weighted by Crippen LogP contribution is -1.92. The van der Waals surface area contributed by atoms with Crippen LogP contribution in [0.15, 0.2) is 84.9 Å². The average molecular weight is 292 g/mol. The van der Waals surface area contributed by atoms with Gasteiger partial charge in [-0.15, -0.1) is 0 Å². The second kappa shape index (κ2) is 4.72. The molecule has 1 heterocycles. The van der Waals surface area contributed by atoms with Crippen LogP contribution < -0.4 is 0 Å². The van der Waals surface area contributed by atoms with Gasteiger partial charge in [-0.3, -0.25) is 0 Å². The van der Waals surface area contributed by atoms with Crippen molar-refractivity contribution in [2.45, 2.75) is 0 Å². The first-order valence-electron chi connectivity index (χ1n) is 7.81.